The summed E-state index contributed by atoms with van der Waals surface area (Å²) in [5, 5.41) is 10.4. The molecule has 0 saturated heterocycles. The molecule has 1 aliphatic heterocycles. The van der Waals surface area contributed by atoms with Crippen molar-refractivity contribution in [3.8, 4) is 0 Å². The molecule has 0 amide bonds. The maximum atomic E-state index is 11.8. The summed E-state index contributed by atoms with van der Waals surface area (Å²) in [6.07, 6.45) is 0. The van der Waals surface area contributed by atoms with Gasteiger partial charge < -0.3 is 14.6 Å². The minimum Gasteiger partial charge on any atom is -0.464 e. The topological polar surface area (TPSA) is 55.8 Å². The first-order valence-corrected chi connectivity index (χ1v) is 6.12. The zero-order valence-corrected chi connectivity index (χ0v) is 10.7. The first kappa shape index (κ1) is 13.1. The highest BCUT2D eigenvalue weighted by Gasteiger charge is 2.43. The molecule has 0 bridgehead atoms. The van der Waals surface area contributed by atoms with Gasteiger partial charge in [-0.3, -0.25) is 0 Å². The van der Waals surface area contributed by atoms with Crippen molar-refractivity contribution in [2.45, 2.75) is 32.0 Å². The molecule has 0 aliphatic carbocycles. The average molecular weight is 250 g/mol. The van der Waals surface area contributed by atoms with E-state index in [1.165, 1.54) is 6.92 Å². The van der Waals surface area contributed by atoms with Crippen molar-refractivity contribution in [3.05, 3.63) is 35.4 Å². The Morgan fingerprint density at radius 2 is 2.28 bits per heavy atom. The van der Waals surface area contributed by atoms with Crippen LogP contribution in [0.3, 0.4) is 0 Å². The summed E-state index contributed by atoms with van der Waals surface area (Å²) in [6.45, 7) is 4.30. The van der Waals surface area contributed by atoms with Gasteiger partial charge in [0.15, 0.2) is 5.60 Å². The number of hydrogen-bond donors (Lipinski definition) is 1. The van der Waals surface area contributed by atoms with E-state index in [0.717, 1.165) is 11.1 Å². The summed E-state index contributed by atoms with van der Waals surface area (Å²) in [7, 11) is 0. The number of aliphatic hydroxyl groups is 1. The van der Waals surface area contributed by atoms with Crippen LogP contribution in [0.2, 0.25) is 0 Å². The highest BCUT2D eigenvalue weighted by molar-refractivity contribution is 5.80. The average Bonchev–Trinajstić information content (AvgIpc) is 2.38. The number of rotatable bonds is 3. The van der Waals surface area contributed by atoms with Gasteiger partial charge in [-0.2, -0.15) is 0 Å². The number of ether oxygens (including phenoxy) is 2. The van der Waals surface area contributed by atoms with Crippen LogP contribution in [0.25, 0.3) is 0 Å². The van der Waals surface area contributed by atoms with Gasteiger partial charge >= 0.3 is 5.97 Å². The van der Waals surface area contributed by atoms with E-state index < -0.39 is 11.6 Å². The zero-order chi connectivity index (χ0) is 13.2. The highest BCUT2D eigenvalue weighted by Crippen LogP contribution is 2.35. The van der Waals surface area contributed by atoms with Crippen LogP contribution in [0.1, 0.15) is 30.9 Å². The van der Waals surface area contributed by atoms with Gasteiger partial charge in [-0.25, -0.2) is 4.79 Å². The molecule has 18 heavy (non-hydrogen) atoms. The van der Waals surface area contributed by atoms with Gasteiger partial charge in [0.05, 0.1) is 19.8 Å². The van der Waals surface area contributed by atoms with E-state index >= 15 is 0 Å². The number of carbonyl (C=O) groups excluding carboxylic acids is 1. The second-order valence-electron chi connectivity index (χ2n) is 4.63. The predicted molar refractivity (Wildman–Crippen MR) is 66.1 cm³/mol. The summed E-state index contributed by atoms with van der Waals surface area (Å²) in [5.41, 5.74) is 0.409. The normalized spacial score (nSPS) is 21.8. The van der Waals surface area contributed by atoms with Crippen molar-refractivity contribution >= 4 is 5.97 Å². The van der Waals surface area contributed by atoms with Crippen LogP contribution in [0.15, 0.2) is 24.3 Å². The fourth-order valence-electron chi connectivity index (χ4n) is 2.27. The quantitative estimate of drug-likeness (QED) is 0.828. The molecule has 4 nitrogen and oxygen atoms in total. The third-order valence-corrected chi connectivity index (χ3v) is 3.34. The standard InChI is InChI=1S/C14H18O4/c1-3-18-13(15)14(2,16)12-9-17-8-10-6-4-5-7-11(10)12/h4-7,12,16H,3,8-9H2,1-2H3. The van der Waals surface area contributed by atoms with Gasteiger partial charge in [0.1, 0.15) is 0 Å². The van der Waals surface area contributed by atoms with E-state index in [2.05, 4.69) is 0 Å². The van der Waals surface area contributed by atoms with Crippen LogP contribution in [0.5, 0.6) is 0 Å². The van der Waals surface area contributed by atoms with E-state index in [0.29, 0.717) is 13.2 Å². The number of fused-ring (bicyclic) bond motifs is 1. The summed E-state index contributed by atoms with van der Waals surface area (Å²) >= 11 is 0. The second kappa shape index (κ2) is 5.08. The van der Waals surface area contributed by atoms with Crippen LogP contribution < -0.4 is 0 Å². The summed E-state index contributed by atoms with van der Waals surface area (Å²) in [4.78, 5) is 11.8. The van der Waals surface area contributed by atoms with Crippen molar-refractivity contribution in [1.29, 1.82) is 0 Å². The van der Waals surface area contributed by atoms with Crippen molar-refractivity contribution in [3.63, 3.8) is 0 Å². The lowest BCUT2D eigenvalue weighted by molar-refractivity contribution is -0.168. The highest BCUT2D eigenvalue weighted by atomic mass is 16.5. The van der Waals surface area contributed by atoms with E-state index in [9.17, 15) is 9.90 Å². The molecule has 0 aromatic heterocycles. The number of esters is 1. The monoisotopic (exact) mass is 250 g/mol. The number of benzene rings is 1. The first-order chi connectivity index (χ1) is 8.57. The van der Waals surface area contributed by atoms with Crippen LogP contribution in [0, 0.1) is 0 Å². The van der Waals surface area contributed by atoms with Crippen LogP contribution in [-0.2, 0) is 20.9 Å². The molecule has 1 aromatic rings. The van der Waals surface area contributed by atoms with Gasteiger partial charge in [-0.15, -0.1) is 0 Å². The fraction of sp³-hybridized carbons (Fsp3) is 0.500. The van der Waals surface area contributed by atoms with Crippen molar-refractivity contribution in [2.24, 2.45) is 0 Å². The second-order valence-corrected chi connectivity index (χ2v) is 4.63. The lowest BCUT2D eigenvalue weighted by Gasteiger charge is -2.34. The van der Waals surface area contributed by atoms with Gasteiger partial charge in [0.2, 0.25) is 0 Å². The summed E-state index contributed by atoms with van der Waals surface area (Å²) in [6, 6.07) is 7.70. The molecule has 1 aliphatic rings. The molecule has 0 saturated carbocycles. The molecule has 1 N–H and O–H groups in total. The zero-order valence-electron chi connectivity index (χ0n) is 10.7. The smallest absolute Gasteiger partial charge is 0.338 e. The van der Waals surface area contributed by atoms with Crippen LogP contribution >= 0.6 is 0 Å². The molecule has 2 unspecified atom stereocenters. The van der Waals surface area contributed by atoms with Gasteiger partial charge in [0.25, 0.3) is 0 Å². The predicted octanol–water partition coefficient (Wildman–Crippen LogP) is 1.61. The molecule has 1 aromatic carbocycles. The van der Waals surface area contributed by atoms with E-state index in [1.54, 1.807) is 6.92 Å². The Labute approximate surface area is 107 Å². The van der Waals surface area contributed by atoms with Gasteiger partial charge in [-0.05, 0) is 25.0 Å². The lowest BCUT2D eigenvalue weighted by atomic mass is 9.80. The molecule has 2 rings (SSSR count). The summed E-state index contributed by atoms with van der Waals surface area (Å²) in [5.74, 6) is -0.989. The molecule has 0 spiro atoms. The third kappa shape index (κ3) is 2.26. The molecule has 0 fully saturated rings. The molecular weight excluding hydrogens is 232 g/mol. The Morgan fingerprint density at radius 3 is 3.00 bits per heavy atom. The Bertz CT molecular complexity index is 439. The maximum Gasteiger partial charge on any atom is 0.338 e. The molecule has 4 heteroatoms. The Morgan fingerprint density at radius 1 is 1.56 bits per heavy atom. The summed E-state index contributed by atoms with van der Waals surface area (Å²) < 4.78 is 10.4. The largest absolute Gasteiger partial charge is 0.464 e. The van der Waals surface area contributed by atoms with Crippen LogP contribution in [0.4, 0.5) is 0 Å². The Balaban J connectivity index is 2.32. The molecule has 2 atom stereocenters. The SMILES string of the molecule is CCOC(=O)C(C)(O)C1COCc2ccccc21. The molecule has 98 valence electrons. The Hall–Kier alpha value is -1.39. The van der Waals surface area contributed by atoms with E-state index in [1.807, 2.05) is 24.3 Å². The first-order valence-electron chi connectivity index (χ1n) is 6.12. The van der Waals surface area contributed by atoms with Crippen LogP contribution in [-0.4, -0.2) is 29.9 Å². The lowest BCUT2D eigenvalue weighted by Crippen LogP contribution is -2.46. The van der Waals surface area contributed by atoms with Gasteiger partial charge in [-0.1, -0.05) is 24.3 Å². The number of hydrogen-bond acceptors (Lipinski definition) is 4. The maximum absolute atomic E-state index is 11.8. The van der Waals surface area contributed by atoms with Crippen molar-refractivity contribution in [1.82, 2.24) is 0 Å². The van der Waals surface area contributed by atoms with Crippen molar-refractivity contribution < 1.29 is 19.4 Å². The van der Waals surface area contributed by atoms with Gasteiger partial charge in [0, 0.05) is 5.92 Å². The molecular formula is C14H18O4. The third-order valence-electron chi connectivity index (χ3n) is 3.34. The minimum absolute atomic E-state index is 0.254. The number of carbonyl (C=O) groups is 1. The Kier molecular flexibility index (Phi) is 3.68. The van der Waals surface area contributed by atoms with Crippen molar-refractivity contribution in [2.75, 3.05) is 13.2 Å². The van der Waals surface area contributed by atoms with E-state index in [-0.39, 0.29) is 12.5 Å². The van der Waals surface area contributed by atoms with E-state index in [4.69, 9.17) is 9.47 Å². The minimum atomic E-state index is -1.56. The fourth-order valence-corrected chi connectivity index (χ4v) is 2.27. The molecule has 0 radical (unpaired) electrons. The molecule has 1 heterocycles.